The van der Waals surface area contributed by atoms with E-state index in [2.05, 4.69) is 24.1 Å². The second-order valence-corrected chi connectivity index (χ2v) is 7.86. The Kier molecular flexibility index (Phi) is 6.48. The molecule has 1 amide bonds. The van der Waals surface area contributed by atoms with Gasteiger partial charge >= 0.3 is 0 Å². The van der Waals surface area contributed by atoms with Crippen molar-refractivity contribution in [1.82, 2.24) is 10.3 Å². The van der Waals surface area contributed by atoms with Crippen LogP contribution in [0.15, 0.2) is 21.9 Å². The van der Waals surface area contributed by atoms with E-state index in [1.54, 1.807) is 0 Å². The van der Waals surface area contributed by atoms with Gasteiger partial charge in [-0.15, -0.1) is 11.3 Å². The van der Waals surface area contributed by atoms with Crippen LogP contribution in [0.4, 0.5) is 0 Å². The summed E-state index contributed by atoms with van der Waals surface area (Å²) in [6.45, 7) is 7.05. The van der Waals surface area contributed by atoms with Crippen molar-refractivity contribution in [2.45, 2.75) is 65.0 Å². The molecule has 0 bridgehead atoms. The zero-order chi connectivity index (χ0) is 18.5. The average molecular weight is 377 g/mol. The molecule has 1 N–H and O–H groups in total. The summed E-state index contributed by atoms with van der Waals surface area (Å²) in [6, 6.07) is 4.04. The van der Waals surface area contributed by atoms with Gasteiger partial charge in [-0.25, -0.2) is 4.98 Å². The first-order valence-corrected chi connectivity index (χ1v) is 10.4. The van der Waals surface area contributed by atoms with E-state index in [0.29, 0.717) is 12.3 Å². The van der Waals surface area contributed by atoms with E-state index in [0.717, 1.165) is 54.5 Å². The number of ether oxygens (including phenoxy) is 1. The zero-order valence-corrected chi connectivity index (χ0v) is 16.6. The summed E-state index contributed by atoms with van der Waals surface area (Å²) in [5.41, 5.74) is 0.792. The number of aromatic nitrogens is 1. The highest BCUT2D eigenvalue weighted by molar-refractivity contribution is 7.13. The van der Waals surface area contributed by atoms with Crippen LogP contribution < -0.4 is 5.32 Å². The first kappa shape index (κ1) is 19.1. The van der Waals surface area contributed by atoms with Gasteiger partial charge in [0.1, 0.15) is 5.76 Å². The van der Waals surface area contributed by atoms with Crippen LogP contribution in [-0.4, -0.2) is 29.6 Å². The van der Waals surface area contributed by atoms with Gasteiger partial charge in [-0.1, -0.05) is 26.7 Å². The Morgan fingerprint density at radius 3 is 2.88 bits per heavy atom. The number of carbonyl (C=O) groups is 1. The fourth-order valence-corrected chi connectivity index (χ4v) is 4.38. The molecule has 2 aromatic heterocycles. The van der Waals surface area contributed by atoms with Crippen molar-refractivity contribution < 1.29 is 13.9 Å². The van der Waals surface area contributed by atoms with Crippen LogP contribution in [-0.2, 0) is 16.0 Å². The summed E-state index contributed by atoms with van der Waals surface area (Å²) in [6.07, 6.45) is 4.61. The van der Waals surface area contributed by atoms with Gasteiger partial charge in [-0.3, -0.25) is 4.79 Å². The number of aryl methyl sites for hydroxylation is 1. The molecular weight excluding hydrogens is 348 g/mol. The maximum absolute atomic E-state index is 12.4. The lowest BCUT2D eigenvalue weighted by atomic mass is 9.89. The Labute approximate surface area is 159 Å². The highest BCUT2D eigenvalue weighted by Gasteiger charge is 2.28. The molecule has 142 valence electrons. The Balaban J connectivity index is 1.53. The highest BCUT2D eigenvalue weighted by atomic mass is 32.1. The third-order valence-electron chi connectivity index (χ3n) is 5.10. The fourth-order valence-electron chi connectivity index (χ4n) is 3.60. The van der Waals surface area contributed by atoms with Crippen molar-refractivity contribution in [1.29, 1.82) is 0 Å². The van der Waals surface area contributed by atoms with Gasteiger partial charge in [0.25, 0.3) is 0 Å². The third-order valence-corrected chi connectivity index (χ3v) is 6.00. The molecule has 2 aromatic rings. The largest absolute Gasteiger partial charge is 0.459 e. The van der Waals surface area contributed by atoms with Crippen molar-refractivity contribution in [2.75, 3.05) is 6.61 Å². The van der Waals surface area contributed by atoms with E-state index in [-0.39, 0.29) is 18.1 Å². The minimum absolute atomic E-state index is 0.0349. The van der Waals surface area contributed by atoms with Gasteiger partial charge in [0, 0.05) is 18.0 Å². The van der Waals surface area contributed by atoms with Crippen molar-refractivity contribution in [3.63, 3.8) is 0 Å². The molecule has 2 atom stereocenters. The summed E-state index contributed by atoms with van der Waals surface area (Å²) in [4.78, 5) is 17.0. The van der Waals surface area contributed by atoms with Gasteiger partial charge in [-0.05, 0) is 37.8 Å². The smallest absolute Gasteiger partial charge is 0.226 e. The number of thiazole rings is 1. The summed E-state index contributed by atoms with van der Waals surface area (Å²) < 4.78 is 11.5. The van der Waals surface area contributed by atoms with Crippen molar-refractivity contribution in [3.05, 3.63) is 29.0 Å². The van der Waals surface area contributed by atoms with E-state index in [1.165, 1.54) is 11.3 Å². The fraction of sp³-hybridized carbons (Fsp3) is 0.600. The van der Waals surface area contributed by atoms with Gasteiger partial charge in [0.2, 0.25) is 5.91 Å². The van der Waals surface area contributed by atoms with Crippen LogP contribution in [0.2, 0.25) is 0 Å². The van der Waals surface area contributed by atoms with Crippen LogP contribution in [0.25, 0.3) is 10.8 Å². The summed E-state index contributed by atoms with van der Waals surface area (Å²) in [5.74, 6) is 2.23. The molecule has 6 heteroatoms. The summed E-state index contributed by atoms with van der Waals surface area (Å²) in [7, 11) is 0. The van der Waals surface area contributed by atoms with E-state index in [1.807, 2.05) is 24.4 Å². The monoisotopic (exact) mass is 376 g/mol. The predicted octanol–water partition coefficient (Wildman–Crippen LogP) is 4.35. The number of nitrogens with one attached hydrogen (secondary N) is 1. The molecule has 0 unspecified atom stereocenters. The summed E-state index contributed by atoms with van der Waals surface area (Å²) >= 11 is 1.51. The van der Waals surface area contributed by atoms with Crippen LogP contribution >= 0.6 is 11.3 Å². The van der Waals surface area contributed by atoms with Gasteiger partial charge in [-0.2, -0.15) is 0 Å². The van der Waals surface area contributed by atoms with Crippen LogP contribution in [0.5, 0.6) is 0 Å². The Morgan fingerprint density at radius 2 is 2.19 bits per heavy atom. The number of nitrogens with zero attached hydrogens (tertiary/aromatic N) is 1. The first-order valence-electron chi connectivity index (χ1n) is 9.51. The lowest BCUT2D eigenvalue weighted by Gasteiger charge is -2.34. The standard InChI is InChI=1S/C20H28N2O3S/c1-4-14(5-2)18-10-15(8-9-24-18)21-19(23)11-16-12-26-20(22-16)17-7-6-13(3)25-17/h6-7,12,14-15,18H,4-5,8-11H2,1-3H3,(H,21,23)/t15-,18+/m1/s1. The first-order chi connectivity index (χ1) is 12.6. The Bertz CT molecular complexity index is 720. The number of rotatable bonds is 7. The SMILES string of the molecule is CCC(CC)[C@@H]1C[C@H](NC(=O)Cc2csc(-c3ccc(C)o3)n2)CCO1. The minimum atomic E-state index is 0.0349. The molecule has 3 heterocycles. The highest BCUT2D eigenvalue weighted by Crippen LogP contribution is 2.27. The van der Waals surface area contributed by atoms with Crippen molar-refractivity contribution in [3.8, 4) is 10.8 Å². The normalized spacial score (nSPS) is 20.5. The molecule has 0 saturated carbocycles. The summed E-state index contributed by atoms with van der Waals surface area (Å²) in [5, 5.41) is 5.93. The van der Waals surface area contributed by atoms with Crippen molar-refractivity contribution in [2.24, 2.45) is 5.92 Å². The van der Waals surface area contributed by atoms with Crippen LogP contribution in [0.3, 0.4) is 0 Å². The Hall–Kier alpha value is -1.66. The van der Waals surface area contributed by atoms with E-state index >= 15 is 0 Å². The number of hydrogen-bond acceptors (Lipinski definition) is 5. The van der Waals surface area contributed by atoms with Crippen molar-refractivity contribution >= 4 is 17.2 Å². The van der Waals surface area contributed by atoms with Crippen LogP contribution in [0.1, 0.15) is 51.0 Å². The molecule has 3 rings (SSSR count). The quantitative estimate of drug-likeness (QED) is 0.780. The molecule has 0 radical (unpaired) electrons. The van der Waals surface area contributed by atoms with E-state index < -0.39 is 0 Å². The maximum Gasteiger partial charge on any atom is 0.226 e. The average Bonchev–Trinajstić information content (AvgIpc) is 3.25. The molecule has 1 fully saturated rings. The zero-order valence-electron chi connectivity index (χ0n) is 15.8. The number of furan rings is 1. The maximum atomic E-state index is 12.4. The number of hydrogen-bond donors (Lipinski definition) is 1. The third kappa shape index (κ3) is 4.74. The Morgan fingerprint density at radius 1 is 1.38 bits per heavy atom. The molecule has 1 aliphatic rings. The lowest BCUT2D eigenvalue weighted by molar-refractivity contribution is -0.122. The molecule has 1 aliphatic heterocycles. The molecule has 0 aromatic carbocycles. The molecule has 0 aliphatic carbocycles. The molecule has 1 saturated heterocycles. The number of carbonyl (C=O) groups excluding carboxylic acids is 1. The molecule has 0 spiro atoms. The molecule has 5 nitrogen and oxygen atoms in total. The van der Waals surface area contributed by atoms with Crippen LogP contribution in [0, 0.1) is 12.8 Å². The van der Waals surface area contributed by atoms with Gasteiger partial charge in [0.15, 0.2) is 10.8 Å². The van der Waals surface area contributed by atoms with Gasteiger partial charge < -0.3 is 14.5 Å². The van der Waals surface area contributed by atoms with E-state index in [9.17, 15) is 4.79 Å². The lowest BCUT2D eigenvalue weighted by Crippen LogP contribution is -2.44. The predicted molar refractivity (Wildman–Crippen MR) is 103 cm³/mol. The second-order valence-electron chi connectivity index (χ2n) is 7.01. The second kappa shape index (κ2) is 8.82. The minimum Gasteiger partial charge on any atom is -0.459 e. The topological polar surface area (TPSA) is 64.4 Å². The van der Waals surface area contributed by atoms with E-state index in [4.69, 9.17) is 9.15 Å². The molecule has 26 heavy (non-hydrogen) atoms. The number of amides is 1. The molecular formula is C20H28N2O3S. The van der Waals surface area contributed by atoms with Gasteiger partial charge in [0.05, 0.1) is 18.2 Å².